The van der Waals surface area contributed by atoms with E-state index in [1.54, 1.807) is 6.26 Å². The van der Waals surface area contributed by atoms with Crippen molar-refractivity contribution in [2.24, 2.45) is 7.05 Å². The second-order valence-electron chi connectivity index (χ2n) is 8.74. The molecule has 5 rings (SSSR count). The third-order valence-corrected chi connectivity index (χ3v) is 6.29. The van der Waals surface area contributed by atoms with Crippen molar-refractivity contribution in [1.82, 2.24) is 9.78 Å². The van der Waals surface area contributed by atoms with Crippen LogP contribution in [0.3, 0.4) is 0 Å². The highest BCUT2D eigenvalue weighted by molar-refractivity contribution is 5.71. The first-order valence-corrected chi connectivity index (χ1v) is 11.5. The van der Waals surface area contributed by atoms with Crippen LogP contribution in [0.1, 0.15) is 16.7 Å². The van der Waals surface area contributed by atoms with Crippen LogP contribution in [0.25, 0.3) is 22.4 Å². The Balaban J connectivity index is 1.42. The van der Waals surface area contributed by atoms with Gasteiger partial charge in [-0.25, -0.2) is 0 Å². The van der Waals surface area contributed by atoms with Crippen LogP contribution in [0.5, 0.6) is 0 Å². The first-order valence-electron chi connectivity index (χ1n) is 11.5. The SMILES string of the molecule is Cc1ccc(-c2ccc(-c3cc(N(CC4=COCO4)Cc4ccccc4)n(C)n3)cc2)cc1C. The molecule has 0 N–H and O–H groups in total. The average molecular weight is 452 g/mol. The zero-order valence-electron chi connectivity index (χ0n) is 19.9. The lowest BCUT2D eigenvalue weighted by atomic mass is 9.99. The van der Waals surface area contributed by atoms with Gasteiger partial charge in [0.15, 0.2) is 5.76 Å². The van der Waals surface area contributed by atoms with Crippen molar-refractivity contribution in [2.75, 3.05) is 18.2 Å². The molecule has 3 aromatic carbocycles. The summed E-state index contributed by atoms with van der Waals surface area (Å²) < 4.78 is 12.8. The van der Waals surface area contributed by atoms with E-state index < -0.39 is 0 Å². The highest BCUT2D eigenvalue weighted by Gasteiger charge is 2.19. The molecule has 0 bridgehead atoms. The minimum Gasteiger partial charge on any atom is -0.462 e. The molecule has 0 amide bonds. The summed E-state index contributed by atoms with van der Waals surface area (Å²) in [5.41, 5.74) is 8.32. The van der Waals surface area contributed by atoms with E-state index in [0.717, 1.165) is 29.4 Å². The zero-order valence-corrected chi connectivity index (χ0v) is 19.9. The number of aryl methyl sites for hydroxylation is 3. The number of aromatic nitrogens is 2. The Kier molecular flexibility index (Phi) is 6.09. The molecule has 0 saturated heterocycles. The highest BCUT2D eigenvalue weighted by Crippen LogP contribution is 2.29. The van der Waals surface area contributed by atoms with Crippen molar-refractivity contribution in [3.8, 4) is 22.4 Å². The monoisotopic (exact) mass is 451 g/mol. The summed E-state index contributed by atoms with van der Waals surface area (Å²) in [6.07, 6.45) is 1.70. The van der Waals surface area contributed by atoms with Gasteiger partial charge < -0.3 is 14.4 Å². The van der Waals surface area contributed by atoms with E-state index in [1.165, 1.54) is 27.8 Å². The summed E-state index contributed by atoms with van der Waals surface area (Å²) in [6, 6.07) is 27.8. The van der Waals surface area contributed by atoms with E-state index in [9.17, 15) is 0 Å². The standard InChI is InChI=1S/C29H29N3O2/c1-21-9-10-26(15-22(21)2)24-11-13-25(14-12-24)28-16-29(31(3)30-28)32(18-27-19-33-20-34-27)17-23-7-5-4-6-8-23/h4-16,19H,17-18,20H2,1-3H3. The molecule has 0 radical (unpaired) electrons. The summed E-state index contributed by atoms with van der Waals surface area (Å²) in [4.78, 5) is 2.26. The quantitative estimate of drug-likeness (QED) is 0.334. The van der Waals surface area contributed by atoms with Crippen molar-refractivity contribution < 1.29 is 9.47 Å². The van der Waals surface area contributed by atoms with E-state index in [0.29, 0.717) is 6.54 Å². The minimum atomic E-state index is 0.276. The lowest BCUT2D eigenvalue weighted by molar-refractivity contribution is 0.0797. The lowest BCUT2D eigenvalue weighted by Crippen LogP contribution is -2.27. The normalized spacial score (nSPS) is 12.7. The summed E-state index contributed by atoms with van der Waals surface area (Å²) >= 11 is 0. The van der Waals surface area contributed by atoms with Gasteiger partial charge in [-0.1, -0.05) is 72.8 Å². The van der Waals surface area contributed by atoms with E-state index in [2.05, 4.69) is 91.5 Å². The lowest BCUT2D eigenvalue weighted by Gasteiger charge is -2.24. The minimum absolute atomic E-state index is 0.276. The van der Waals surface area contributed by atoms with Crippen molar-refractivity contribution in [1.29, 1.82) is 0 Å². The van der Waals surface area contributed by atoms with Crippen molar-refractivity contribution >= 4 is 5.82 Å². The molecule has 0 fully saturated rings. The smallest absolute Gasteiger partial charge is 0.229 e. The van der Waals surface area contributed by atoms with Gasteiger partial charge in [-0.05, 0) is 41.7 Å². The van der Waals surface area contributed by atoms with Gasteiger partial charge in [-0.3, -0.25) is 4.68 Å². The molecule has 5 nitrogen and oxygen atoms in total. The average Bonchev–Trinajstić information content (AvgIpc) is 3.51. The molecule has 4 aromatic rings. The fourth-order valence-electron chi connectivity index (χ4n) is 4.21. The molecular weight excluding hydrogens is 422 g/mol. The number of ether oxygens (including phenoxy) is 2. The van der Waals surface area contributed by atoms with E-state index >= 15 is 0 Å². The van der Waals surface area contributed by atoms with E-state index in [1.807, 2.05) is 17.8 Å². The summed E-state index contributed by atoms with van der Waals surface area (Å²) in [6.45, 7) is 5.93. The number of hydrogen-bond donors (Lipinski definition) is 0. The van der Waals surface area contributed by atoms with Gasteiger partial charge in [0, 0.05) is 25.2 Å². The number of anilines is 1. The van der Waals surface area contributed by atoms with E-state index in [-0.39, 0.29) is 6.79 Å². The number of benzene rings is 3. The molecule has 172 valence electrons. The van der Waals surface area contributed by atoms with Crippen molar-refractivity contribution in [3.05, 3.63) is 108 Å². The predicted molar refractivity (Wildman–Crippen MR) is 136 cm³/mol. The molecule has 1 aliphatic rings. The molecule has 0 spiro atoms. The molecule has 0 unspecified atom stereocenters. The molecular formula is C29H29N3O2. The molecule has 0 saturated carbocycles. The largest absolute Gasteiger partial charge is 0.462 e. The summed E-state index contributed by atoms with van der Waals surface area (Å²) in [5.74, 6) is 1.84. The molecule has 1 aliphatic heterocycles. The van der Waals surface area contributed by atoms with Crippen LogP contribution >= 0.6 is 0 Å². The number of nitrogens with zero attached hydrogens (tertiary/aromatic N) is 3. The molecule has 0 aliphatic carbocycles. The maximum absolute atomic E-state index is 5.61. The summed E-state index contributed by atoms with van der Waals surface area (Å²) in [7, 11) is 1.99. The van der Waals surface area contributed by atoms with Gasteiger partial charge in [-0.2, -0.15) is 5.10 Å². The van der Waals surface area contributed by atoms with Gasteiger partial charge in [0.25, 0.3) is 0 Å². The zero-order chi connectivity index (χ0) is 23.5. The maximum atomic E-state index is 5.61. The molecule has 1 aromatic heterocycles. The van der Waals surface area contributed by atoms with Crippen LogP contribution in [-0.4, -0.2) is 23.1 Å². The Morgan fingerprint density at radius 3 is 2.26 bits per heavy atom. The molecule has 34 heavy (non-hydrogen) atoms. The summed E-state index contributed by atoms with van der Waals surface area (Å²) in [5, 5.41) is 4.83. The van der Waals surface area contributed by atoms with Gasteiger partial charge >= 0.3 is 0 Å². The number of hydrogen-bond acceptors (Lipinski definition) is 4. The molecule has 2 heterocycles. The van der Waals surface area contributed by atoms with Gasteiger partial charge in [0.2, 0.25) is 6.79 Å². The Morgan fingerprint density at radius 2 is 1.56 bits per heavy atom. The van der Waals surface area contributed by atoms with Gasteiger partial charge in [0.05, 0.1) is 12.2 Å². The number of rotatable bonds is 7. The van der Waals surface area contributed by atoms with Crippen LogP contribution in [0.2, 0.25) is 0 Å². The Hall–Kier alpha value is -3.99. The van der Waals surface area contributed by atoms with Crippen molar-refractivity contribution in [3.63, 3.8) is 0 Å². The van der Waals surface area contributed by atoms with Crippen LogP contribution < -0.4 is 4.90 Å². The first-order chi connectivity index (χ1) is 16.6. The third-order valence-electron chi connectivity index (χ3n) is 6.29. The van der Waals surface area contributed by atoms with Gasteiger partial charge in [0.1, 0.15) is 12.1 Å². The van der Waals surface area contributed by atoms with Crippen LogP contribution in [-0.2, 0) is 23.1 Å². The fourth-order valence-corrected chi connectivity index (χ4v) is 4.21. The van der Waals surface area contributed by atoms with Crippen LogP contribution in [0, 0.1) is 13.8 Å². The second kappa shape index (κ2) is 9.48. The predicted octanol–water partition coefficient (Wildman–Crippen LogP) is 6.22. The second-order valence-corrected chi connectivity index (χ2v) is 8.74. The Morgan fingerprint density at radius 1 is 0.824 bits per heavy atom. The van der Waals surface area contributed by atoms with Crippen LogP contribution in [0.15, 0.2) is 90.9 Å². The van der Waals surface area contributed by atoms with Crippen molar-refractivity contribution in [2.45, 2.75) is 20.4 Å². The highest BCUT2D eigenvalue weighted by atomic mass is 16.7. The molecule has 0 atom stereocenters. The first kappa shape index (κ1) is 21.8. The van der Waals surface area contributed by atoms with Crippen LogP contribution in [0.4, 0.5) is 5.82 Å². The fraction of sp³-hybridized carbons (Fsp3) is 0.207. The topological polar surface area (TPSA) is 39.5 Å². The third kappa shape index (κ3) is 4.69. The Bertz CT molecular complexity index is 1310. The Labute approximate surface area is 200 Å². The molecule has 5 heteroatoms. The maximum Gasteiger partial charge on any atom is 0.229 e. The van der Waals surface area contributed by atoms with Gasteiger partial charge in [-0.15, -0.1) is 0 Å². The van der Waals surface area contributed by atoms with E-state index in [4.69, 9.17) is 14.6 Å².